The molecule has 1 amide bonds. The minimum atomic E-state index is -0.0249. The number of carbonyl (C=O) groups excluding carboxylic acids is 1. The van der Waals surface area contributed by atoms with Gasteiger partial charge in [0.05, 0.1) is 12.6 Å². The normalized spacial score (nSPS) is 15.6. The molecule has 0 radical (unpaired) electrons. The third kappa shape index (κ3) is 4.85. The fraction of sp³-hybridized carbons (Fsp3) is 0.562. The van der Waals surface area contributed by atoms with Gasteiger partial charge in [-0.3, -0.25) is 4.79 Å². The largest absolute Gasteiger partial charge is 0.490 e. The van der Waals surface area contributed by atoms with Crippen molar-refractivity contribution in [2.75, 3.05) is 11.9 Å². The summed E-state index contributed by atoms with van der Waals surface area (Å²) in [5, 5.41) is 5.95. The molecular formula is C16H24N2O2. The molecule has 4 heteroatoms. The summed E-state index contributed by atoms with van der Waals surface area (Å²) in [6.07, 6.45) is 5.20. The predicted molar refractivity (Wildman–Crippen MR) is 81.1 cm³/mol. The third-order valence-corrected chi connectivity index (χ3v) is 3.41. The molecule has 1 fully saturated rings. The van der Waals surface area contributed by atoms with Gasteiger partial charge >= 0.3 is 0 Å². The minimum Gasteiger partial charge on any atom is -0.490 e. The molecule has 0 unspecified atom stereocenters. The first kappa shape index (κ1) is 14.9. The Hall–Kier alpha value is -1.55. The van der Waals surface area contributed by atoms with E-state index in [0.717, 1.165) is 24.3 Å². The summed E-state index contributed by atoms with van der Waals surface area (Å²) in [5.74, 6) is 0.860. The lowest BCUT2D eigenvalue weighted by molar-refractivity contribution is -0.115. The molecule has 0 atom stereocenters. The van der Waals surface area contributed by atoms with Crippen LogP contribution in [0.25, 0.3) is 0 Å². The van der Waals surface area contributed by atoms with E-state index in [1.807, 2.05) is 38.1 Å². The summed E-state index contributed by atoms with van der Waals surface area (Å²) in [4.78, 5) is 11.7. The van der Waals surface area contributed by atoms with Crippen molar-refractivity contribution in [3.63, 3.8) is 0 Å². The number of benzene rings is 1. The molecule has 1 aromatic rings. The molecule has 20 heavy (non-hydrogen) atoms. The molecule has 0 aliphatic heterocycles. The Morgan fingerprint density at radius 1 is 1.25 bits per heavy atom. The standard InChI is InChI=1S/C16H24N2O2/c1-12(2)17-11-16(19)18-13-7-9-15(10-8-13)20-14-5-3-4-6-14/h7-10,12,14,17H,3-6,11H2,1-2H3,(H,18,19). The van der Waals surface area contributed by atoms with E-state index in [0.29, 0.717) is 18.7 Å². The Morgan fingerprint density at radius 3 is 2.50 bits per heavy atom. The molecule has 1 aliphatic rings. The van der Waals surface area contributed by atoms with Crippen molar-refractivity contribution in [1.29, 1.82) is 0 Å². The van der Waals surface area contributed by atoms with Crippen LogP contribution in [0.1, 0.15) is 39.5 Å². The number of anilines is 1. The van der Waals surface area contributed by atoms with Crippen molar-refractivity contribution in [3.05, 3.63) is 24.3 Å². The second-order valence-electron chi connectivity index (χ2n) is 5.63. The average Bonchev–Trinajstić information content (AvgIpc) is 2.92. The van der Waals surface area contributed by atoms with Gasteiger partial charge in [0.25, 0.3) is 0 Å². The summed E-state index contributed by atoms with van der Waals surface area (Å²) in [6.45, 7) is 4.36. The summed E-state index contributed by atoms with van der Waals surface area (Å²) in [6, 6.07) is 7.92. The zero-order chi connectivity index (χ0) is 14.4. The van der Waals surface area contributed by atoms with E-state index >= 15 is 0 Å². The van der Waals surface area contributed by atoms with Crippen molar-refractivity contribution in [3.8, 4) is 5.75 Å². The lowest BCUT2D eigenvalue weighted by Gasteiger charge is -2.13. The van der Waals surface area contributed by atoms with Gasteiger partial charge in [-0.05, 0) is 49.9 Å². The van der Waals surface area contributed by atoms with Gasteiger partial charge in [0, 0.05) is 11.7 Å². The Labute approximate surface area is 120 Å². The zero-order valence-electron chi connectivity index (χ0n) is 12.3. The van der Waals surface area contributed by atoms with Crippen LogP contribution in [-0.2, 0) is 4.79 Å². The molecule has 1 saturated carbocycles. The highest BCUT2D eigenvalue weighted by atomic mass is 16.5. The van der Waals surface area contributed by atoms with Crippen molar-refractivity contribution in [1.82, 2.24) is 5.32 Å². The fourth-order valence-electron chi connectivity index (χ4n) is 2.32. The third-order valence-electron chi connectivity index (χ3n) is 3.41. The van der Waals surface area contributed by atoms with Crippen LogP contribution in [-0.4, -0.2) is 24.6 Å². The van der Waals surface area contributed by atoms with E-state index in [2.05, 4.69) is 10.6 Å². The van der Waals surface area contributed by atoms with Crippen LogP contribution in [0.15, 0.2) is 24.3 Å². The van der Waals surface area contributed by atoms with Gasteiger partial charge in [-0.25, -0.2) is 0 Å². The fourth-order valence-corrected chi connectivity index (χ4v) is 2.32. The van der Waals surface area contributed by atoms with E-state index in [1.165, 1.54) is 12.8 Å². The quantitative estimate of drug-likeness (QED) is 0.840. The van der Waals surface area contributed by atoms with Crippen LogP contribution in [0.2, 0.25) is 0 Å². The van der Waals surface area contributed by atoms with E-state index < -0.39 is 0 Å². The number of nitrogens with one attached hydrogen (secondary N) is 2. The van der Waals surface area contributed by atoms with Gasteiger partial charge in [0.1, 0.15) is 5.75 Å². The molecule has 0 heterocycles. The van der Waals surface area contributed by atoms with Crippen molar-refractivity contribution in [2.24, 2.45) is 0 Å². The van der Waals surface area contributed by atoms with Crippen molar-refractivity contribution >= 4 is 11.6 Å². The molecule has 0 spiro atoms. The van der Waals surface area contributed by atoms with Crippen LogP contribution >= 0.6 is 0 Å². The van der Waals surface area contributed by atoms with E-state index in [4.69, 9.17) is 4.74 Å². The number of ether oxygens (including phenoxy) is 1. The van der Waals surface area contributed by atoms with Crippen molar-refractivity contribution in [2.45, 2.75) is 51.7 Å². The summed E-state index contributed by atoms with van der Waals surface area (Å²) >= 11 is 0. The Balaban J connectivity index is 1.80. The SMILES string of the molecule is CC(C)NCC(=O)Nc1ccc(OC2CCCC2)cc1. The lowest BCUT2D eigenvalue weighted by Crippen LogP contribution is -2.32. The van der Waals surface area contributed by atoms with Crippen LogP contribution in [0.5, 0.6) is 5.75 Å². The molecule has 2 rings (SSSR count). The van der Waals surface area contributed by atoms with Crippen LogP contribution in [0.3, 0.4) is 0 Å². The van der Waals surface area contributed by atoms with Gasteiger partial charge in [-0.2, -0.15) is 0 Å². The maximum atomic E-state index is 11.7. The Kier molecular flexibility index (Phi) is 5.41. The first-order valence-corrected chi connectivity index (χ1v) is 7.43. The van der Waals surface area contributed by atoms with E-state index in [1.54, 1.807) is 0 Å². The highest BCUT2D eigenvalue weighted by Crippen LogP contribution is 2.24. The van der Waals surface area contributed by atoms with E-state index in [-0.39, 0.29) is 5.91 Å². The molecule has 0 saturated heterocycles. The molecule has 0 aromatic heterocycles. The van der Waals surface area contributed by atoms with Crippen LogP contribution in [0.4, 0.5) is 5.69 Å². The molecule has 1 aromatic carbocycles. The number of rotatable bonds is 6. The number of carbonyl (C=O) groups is 1. The topological polar surface area (TPSA) is 50.4 Å². The minimum absolute atomic E-state index is 0.0249. The average molecular weight is 276 g/mol. The van der Waals surface area contributed by atoms with Crippen LogP contribution < -0.4 is 15.4 Å². The Morgan fingerprint density at radius 2 is 1.90 bits per heavy atom. The predicted octanol–water partition coefficient (Wildman–Crippen LogP) is 2.94. The molecule has 110 valence electrons. The zero-order valence-corrected chi connectivity index (χ0v) is 12.3. The van der Waals surface area contributed by atoms with Gasteiger partial charge in [-0.15, -0.1) is 0 Å². The first-order chi connectivity index (χ1) is 9.63. The van der Waals surface area contributed by atoms with E-state index in [9.17, 15) is 4.79 Å². The summed E-state index contributed by atoms with van der Waals surface area (Å²) in [5.41, 5.74) is 0.805. The highest BCUT2D eigenvalue weighted by Gasteiger charge is 2.16. The van der Waals surface area contributed by atoms with Gasteiger partial charge in [0.15, 0.2) is 0 Å². The summed E-state index contributed by atoms with van der Waals surface area (Å²) < 4.78 is 5.89. The second kappa shape index (κ2) is 7.29. The number of amides is 1. The van der Waals surface area contributed by atoms with Gasteiger partial charge < -0.3 is 15.4 Å². The molecule has 4 nitrogen and oxygen atoms in total. The molecule has 0 bridgehead atoms. The highest BCUT2D eigenvalue weighted by molar-refractivity contribution is 5.92. The monoisotopic (exact) mass is 276 g/mol. The second-order valence-corrected chi connectivity index (χ2v) is 5.63. The maximum absolute atomic E-state index is 11.7. The molecule has 1 aliphatic carbocycles. The number of hydrogen-bond acceptors (Lipinski definition) is 3. The first-order valence-electron chi connectivity index (χ1n) is 7.43. The van der Waals surface area contributed by atoms with Gasteiger partial charge in [0.2, 0.25) is 5.91 Å². The molecular weight excluding hydrogens is 252 g/mol. The smallest absolute Gasteiger partial charge is 0.238 e. The maximum Gasteiger partial charge on any atom is 0.238 e. The Bertz CT molecular complexity index is 423. The lowest BCUT2D eigenvalue weighted by atomic mass is 10.2. The number of hydrogen-bond donors (Lipinski definition) is 2. The van der Waals surface area contributed by atoms with Gasteiger partial charge in [-0.1, -0.05) is 13.8 Å². The van der Waals surface area contributed by atoms with Crippen LogP contribution in [0, 0.1) is 0 Å². The molecule has 2 N–H and O–H groups in total. The summed E-state index contributed by atoms with van der Waals surface area (Å²) in [7, 11) is 0. The van der Waals surface area contributed by atoms with Crippen molar-refractivity contribution < 1.29 is 9.53 Å².